The van der Waals surface area contributed by atoms with Crippen LogP contribution in [0, 0.1) is 6.92 Å². The number of sulfonamides is 1. The Morgan fingerprint density at radius 2 is 1.70 bits per heavy atom. The predicted octanol–water partition coefficient (Wildman–Crippen LogP) is 2.36. The molecule has 0 saturated carbocycles. The molecule has 0 unspecified atom stereocenters. The van der Waals surface area contributed by atoms with Crippen molar-refractivity contribution in [1.82, 2.24) is 0 Å². The van der Waals surface area contributed by atoms with Crippen LogP contribution in [0.25, 0.3) is 0 Å². The van der Waals surface area contributed by atoms with E-state index in [-0.39, 0.29) is 16.2 Å². The first kappa shape index (κ1) is 12.9. The molecule has 0 atom stereocenters. The number of hydrogen-bond donors (Lipinski definition) is 0. The van der Waals surface area contributed by atoms with Crippen LogP contribution in [-0.2, 0) is 10.0 Å². The monoisotopic (exact) mass is 287 g/mol. The quantitative estimate of drug-likeness (QED) is 0.747. The van der Waals surface area contributed by atoms with E-state index < -0.39 is 10.0 Å². The van der Waals surface area contributed by atoms with Crippen LogP contribution in [0.3, 0.4) is 0 Å². The Morgan fingerprint density at radius 3 is 2.45 bits per heavy atom. The van der Waals surface area contributed by atoms with E-state index in [1.165, 1.54) is 17.4 Å². The van der Waals surface area contributed by atoms with Crippen molar-refractivity contribution in [1.29, 1.82) is 0 Å². The molecule has 0 N–H and O–H groups in total. The molecule has 2 aromatic carbocycles. The van der Waals surface area contributed by atoms with Gasteiger partial charge in [-0.15, -0.1) is 0 Å². The van der Waals surface area contributed by atoms with E-state index in [1.54, 1.807) is 30.3 Å². The molecule has 3 rings (SSSR count). The molecule has 20 heavy (non-hydrogen) atoms. The van der Waals surface area contributed by atoms with Crippen LogP contribution >= 0.6 is 0 Å². The summed E-state index contributed by atoms with van der Waals surface area (Å²) in [6.45, 7) is 1.86. The van der Waals surface area contributed by atoms with Gasteiger partial charge >= 0.3 is 0 Å². The van der Waals surface area contributed by atoms with Crippen molar-refractivity contribution in [3.63, 3.8) is 0 Å². The number of carbonyl (C=O) groups excluding carboxylic acids is 1. The Morgan fingerprint density at radius 1 is 1.00 bits per heavy atom. The summed E-state index contributed by atoms with van der Waals surface area (Å²) in [5.41, 5.74) is 1.96. The Bertz CT molecular complexity index is 825. The van der Waals surface area contributed by atoms with Gasteiger partial charge in [-0.3, -0.25) is 9.10 Å². The molecule has 0 amide bonds. The number of carbonyl (C=O) groups is 1. The van der Waals surface area contributed by atoms with Crippen LogP contribution in [0.15, 0.2) is 47.4 Å². The SMILES string of the molecule is Cc1ccc2c(c1)N(C)S(=O)(=O)c1ccccc1C2=O. The lowest BCUT2D eigenvalue weighted by molar-refractivity contribution is 0.103. The molecule has 102 valence electrons. The second-order valence-corrected chi connectivity index (χ2v) is 6.76. The molecule has 0 fully saturated rings. The number of fused-ring (bicyclic) bond motifs is 2. The third-order valence-corrected chi connectivity index (χ3v) is 5.34. The number of ketones is 1. The molecule has 2 aromatic rings. The first-order valence-corrected chi connectivity index (χ1v) is 7.60. The Kier molecular flexibility index (Phi) is 2.69. The van der Waals surface area contributed by atoms with Gasteiger partial charge in [-0.1, -0.05) is 18.2 Å². The van der Waals surface area contributed by atoms with Gasteiger partial charge in [0.25, 0.3) is 10.0 Å². The van der Waals surface area contributed by atoms with Crippen molar-refractivity contribution in [2.24, 2.45) is 0 Å². The maximum atomic E-state index is 12.6. The summed E-state index contributed by atoms with van der Waals surface area (Å²) in [5.74, 6) is -0.261. The van der Waals surface area contributed by atoms with E-state index in [0.717, 1.165) is 5.56 Å². The highest BCUT2D eigenvalue weighted by atomic mass is 32.2. The molecule has 0 aromatic heterocycles. The van der Waals surface area contributed by atoms with Gasteiger partial charge in [0.1, 0.15) is 0 Å². The van der Waals surface area contributed by atoms with Crippen molar-refractivity contribution in [3.8, 4) is 0 Å². The van der Waals surface area contributed by atoms with Crippen LogP contribution in [0.2, 0.25) is 0 Å². The lowest BCUT2D eigenvalue weighted by Crippen LogP contribution is -2.26. The Balaban J connectivity index is 2.43. The minimum atomic E-state index is -3.71. The molecular weight excluding hydrogens is 274 g/mol. The van der Waals surface area contributed by atoms with Crippen molar-refractivity contribution in [2.75, 3.05) is 11.4 Å². The number of benzene rings is 2. The molecule has 0 saturated heterocycles. The van der Waals surface area contributed by atoms with E-state index in [4.69, 9.17) is 0 Å². The zero-order valence-corrected chi connectivity index (χ0v) is 11.9. The summed E-state index contributed by atoms with van der Waals surface area (Å²) in [5, 5.41) is 0. The molecule has 5 heteroatoms. The number of anilines is 1. The summed E-state index contributed by atoms with van der Waals surface area (Å²) < 4.78 is 26.4. The van der Waals surface area contributed by atoms with Gasteiger partial charge in [0.05, 0.1) is 10.6 Å². The van der Waals surface area contributed by atoms with Gasteiger partial charge in [-0.05, 0) is 36.8 Å². The second-order valence-electron chi connectivity index (χ2n) is 4.82. The number of hydrogen-bond acceptors (Lipinski definition) is 3. The molecule has 0 bridgehead atoms. The van der Waals surface area contributed by atoms with Gasteiger partial charge in [-0.2, -0.15) is 0 Å². The van der Waals surface area contributed by atoms with E-state index in [9.17, 15) is 13.2 Å². The zero-order valence-electron chi connectivity index (χ0n) is 11.1. The lowest BCUT2D eigenvalue weighted by Gasteiger charge is -2.19. The molecule has 0 radical (unpaired) electrons. The molecule has 0 spiro atoms. The van der Waals surface area contributed by atoms with Crippen LogP contribution in [-0.4, -0.2) is 21.2 Å². The van der Waals surface area contributed by atoms with Crippen LogP contribution in [0.4, 0.5) is 5.69 Å². The lowest BCUT2D eigenvalue weighted by atomic mass is 10.0. The van der Waals surface area contributed by atoms with Gasteiger partial charge in [0, 0.05) is 18.2 Å². The van der Waals surface area contributed by atoms with Crippen LogP contribution < -0.4 is 4.31 Å². The topological polar surface area (TPSA) is 54.5 Å². The second kappa shape index (κ2) is 4.18. The van der Waals surface area contributed by atoms with Crippen molar-refractivity contribution in [2.45, 2.75) is 11.8 Å². The first-order valence-electron chi connectivity index (χ1n) is 6.16. The fraction of sp³-hybridized carbons (Fsp3) is 0.133. The maximum Gasteiger partial charge on any atom is 0.264 e. The van der Waals surface area contributed by atoms with Crippen molar-refractivity contribution < 1.29 is 13.2 Å². The minimum absolute atomic E-state index is 0.0568. The predicted molar refractivity (Wildman–Crippen MR) is 76.6 cm³/mol. The highest BCUT2D eigenvalue weighted by Crippen LogP contribution is 2.34. The first-order chi connectivity index (χ1) is 9.43. The van der Waals surface area contributed by atoms with Crippen LogP contribution in [0.5, 0.6) is 0 Å². The van der Waals surface area contributed by atoms with Gasteiger partial charge in [0.2, 0.25) is 0 Å². The van der Waals surface area contributed by atoms with E-state index >= 15 is 0 Å². The normalized spacial score (nSPS) is 16.3. The molecule has 1 heterocycles. The summed E-state index contributed by atoms with van der Waals surface area (Å²) in [6, 6.07) is 11.5. The van der Waals surface area contributed by atoms with Crippen molar-refractivity contribution in [3.05, 3.63) is 59.2 Å². The average molecular weight is 287 g/mol. The van der Waals surface area contributed by atoms with E-state index in [0.29, 0.717) is 11.3 Å². The molecule has 0 aliphatic carbocycles. The molecule has 4 nitrogen and oxygen atoms in total. The summed E-state index contributed by atoms with van der Waals surface area (Å²) >= 11 is 0. The fourth-order valence-electron chi connectivity index (χ4n) is 2.40. The highest BCUT2D eigenvalue weighted by molar-refractivity contribution is 7.93. The van der Waals surface area contributed by atoms with Gasteiger partial charge in [0.15, 0.2) is 5.78 Å². The Hall–Kier alpha value is -2.14. The maximum absolute atomic E-state index is 12.6. The zero-order chi connectivity index (χ0) is 14.5. The van der Waals surface area contributed by atoms with Crippen molar-refractivity contribution >= 4 is 21.5 Å². The number of rotatable bonds is 0. The summed E-state index contributed by atoms with van der Waals surface area (Å²) in [6.07, 6.45) is 0. The average Bonchev–Trinajstić information content (AvgIpc) is 2.50. The van der Waals surface area contributed by atoms with Gasteiger partial charge in [-0.25, -0.2) is 8.42 Å². The van der Waals surface area contributed by atoms with E-state index in [1.807, 2.05) is 13.0 Å². The molecule has 1 aliphatic rings. The molecule has 1 aliphatic heterocycles. The minimum Gasteiger partial charge on any atom is -0.288 e. The summed E-state index contributed by atoms with van der Waals surface area (Å²) in [4.78, 5) is 12.6. The van der Waals surface area contributed by atoms with E-state index in [2.05, 4.69) is 0 Å². The Labute approximate surface area is 117 Å². The fourth-order valence-corrected chi connectivity index (χ4v) is 3.79. The summed E-state index contributed by atoms with van der Waals surface area (Å²) in [7, 11) is -2.23. The largest absolute Gasteiger partial charge is 0.288 e. The standard InChI is InChI=1S/C15H13NO3S/c1-10-7-8-11-13(9-10)16(2)20(18,19)14-6-4-3-5-12(14)15(11)17/h3-9H,1-2H3. The molecular formula is C15H13NO3S. The smallest absolute Gasteiger partial charge is 0.264 e. The number of nitrogens with zero attached hydrogens (tertiary/aromatic N) is 1. The third kappa shape index (κ3) is 1.67. The van der Waals surface area contributed by atoms with Gasteiger partial charge < -0.3 is 0 Å². The number of aryl methyl sites for hydroxylation is 1. The van der Waals surface area contributed by atoms with Crippen LogP contribution in [0.1, 0.15) is 21.5 Å². The highest BCUT2D eigenvalue weighted by Gasteiger charge is 2.33. The third-order valence-electron chi connectivity index (χ3n) is 3.51.